The highest BCUT2D eigenvalue weighted by atomic mass is 35.5. The molecule has 13 heavy (non-hydrogen) atoms. The van der Waals surface area contributed by atoms with Crippen molar-refractivity contribution in [3.63, 3.8) is 0 Å². The van der Waals surface area contributed by atoms with Gasteiger partial charge in [-0.2, -0.15) is 8.42 Å². The molecule has 1 aromatic rings. The van der Waals surface area contributed by atoms with Crippen molar-refractivity contribution in [2.75, 3.05) is 0 Å². The Morgan fingerprint density at radius 3 is 1.77 bits per heavy atom. The maximum Gasteiger partial charge on any atom is 0.298 e. The third-order valence-electron chi connectivity index (χ3n) is 0.988. The Hall–Kier alpha value is 0.770. The van der Waals surface area contributed by atoms with E-state index in [1.165, 1.54) is 0 Å². The zero-order chi connectivity index (χ0) is 9.52. The molecular weight excluding hydrogens is 302 g/mol. The third-order valence-corrected chi connectivity index (χ3v) is 4.46. The summed E-state index contributed by atoms with van der Waals surface area (Å²) in [5.41, 5.74) is 0. The van der Waals surface area contributed by atoms with Crippen molar-refractivity contribution < 1.29 is 13.0 Å². The molecule has 0 aliphatic heterocycles. The lowest BCUT2D eigenvalue weighted by atomic mass is 10.6. The first-order valence-corrected chi connectivity index (χ1v) is 5.84. The summed E-state index contributed by atoms with van der Waals surface area (Å²) in [6.45, 7) is 0. The summed E-state index contributed by atoms with van der Waals surface area (Å²) in [6.07, 6.45) is 0. The summed E-state index contributed by atoms with van der Waals surface area (Å²) in [6, 6.07) is 0. The van der Waals surface area contributed by atoms with Gasteiger partial charge >= 0.3 is 0 Å². The van der Waals surface area contributed by atoms with Gasteiger partial charge in [0, 0.05) is 0 Å². The zero-order valence-corrected chi connectivity index (χ0v) is 10.3. The maximum atomic E-state index is 10.6. The fourth-order valence-electron chi connectivity index (χ4n) is 0.560. The van der Waals surface area contributed by atoms with Crippen LogP contribution in [-0.2, 0) is 10.1 Å². The van der Waals surface area contributed by atoms with E-state index in [1.807, 2.05) is 0 Å². The minimum atomic E-state index is -4.38. The predicted molar refractivity (Wildman–Crippen MR) is 56.4 cm³/mol. The molecule has 1 N–H and O–H groups in total. The molecule has 0 spiro atoms. The lowest BCUT2D eigenvalue weighted by Crippen LogP contribution is -1.96. The van der Waals surface area contributed by atoms with Gasteiger partial charge in [0.05, 0.1) is 5.02 Å². The number of hydrogen-bond donors (Lipinski definition) is 1. The largest absolute Gasteiger partial charge is 0.298 e. The number of rotatable bonds is 1. The Labute approximate surface area is 99.8 Å². The minimum absolute atomic E-state index is 0. The van der Waals surface area contributed by atoms with Crippen LogP contribution in [0.2, 0.25) is 13.7 Å². The van der Waals surface area contributed by atoms with Crippen LogP contribution in [0.3, 0.4) is 0 Å². The van der Waals surface area contributed by atoms with Crippen LogP contribution in [-0.4, -0.2) is 13.0 Å². The van der Waals surface area contributed by atoms with E-state index >= 15 is 0 Å². The standard InChI is InChI=1S/C4HCl3O3S2.ClH/c5-1-2(12(8,9)10)4(7)11-3(1)6;/h(H,8,9,10);1H. The van der Waals surface area contributed by atoms with Crippen LogP contribution >= 0.6 is 58.5 Å². The van der Waals surface area contributed by atoms with Gasteiger partial charge in [-0.25, -0.2) is 0 Å². The Bertz CT molecular complexity index is 409. The number of thiophene rings is 1. The van der Waals surface area contributed by atoms with Gasteiger partial charge in [0.25, 0.3) is 10.1 Å². The van der Waals surface area contributed by atoms with Crippen molar-refractivity contribution in [2.24, 2.45) is 0 Å². The maximum absolute atomic E-state index is 10.6. The topological polar surface area (TPSA) is 54.4 Å². The summed E-state index contributed by atoms with van der Waals surface area (Å²) in [5.74, 6) is 0. The molecule has 0 amide bonds. The average Bonchev–Trinajstić information content (AvgIpc) is 2.05. The molecule has 1 aromatic heterocycles. The molecule has 0 radical (unpaired) electrons. The normalized spacial score (nSPS) is 11.1. The molecule has 3 nitrogen and oxygen atoms in total. The third kappa shape index (κ3) is 2.86. The smallest absolute Gasteiger partial charge is 0.282 e. The van der Waals surface area contributed by atoms with Crippen molar-refractivity contribution in [3.05, 3.63) is 13.7 Å². The van der Waals surface area contributed by atoms with Crippen LogP contribution < -0.4 is 0 Å². The molecule has 0 fully saturated rings. The molecule has 0 aliphatic carbocycles. The summed E-state index contributed by atoms with van der Waals surface area (Å²) in [4.78, 5) is -0.527. The summed E-state index contributed by atoms with van der Waals surface area (Å²) < 4.78 is 29.8. The van der Waals surface area contributed by atoms with Gasteiger partial charge < -0.3 is 0 Å². The minimum Gasteiger partial charge on any atom is -0.282 e. The van der Waals surface area contributed by atoms with Crippen LogP contribution in [0.1, 0.15) is 0 Å². The molecule has 0 bridgehead atoms. The van der Waals surface area contributed by atoms with Crippen LogP contribution in [0.25, 0.3) is 0 Å². The molecular formula is C4H2Cl4O3S2. The van der Waals surface area contributed by atoms with Crippen molar-refractivity contribution in [2.45, 2.75) is 4.90 Å². The van der Waals surface area contributed by atoms with Crippen molar-refractivity contribution in [1.29, 1.82) is 0 Å². The molecule has 1 rings (SSSR count). The summed E-state index contributed by atoms with van der Waals surface area (Å²) >= 11 is 17.1. The molecule has 0 saturated heterocycles. The van der Waals surface area contributed by atoms with Crippen LogP contribution in [0, 0.1) is 0 Å². The molecule has 76 valence electrons. The second kappa shape index (κ2) is 4.53. The van der Waals surface area contributed by atoms with E-state index in [0.29, 0.717) is 0 Å². The van der Waals surface area contributed by atoms with Gasteiger partial charge in [-0.3, -0.25) is 4.55 Å². The van der Waals surface area contributed by atoms with E-state index in [9.17, 15) is 8.42 Å². The molecule has 0 aromatic carbocycles. The molecule has 9 heteroatoms. The van der Waals surface area contributed by atoms with E-state index in [-0.39, 0.29) is 26.1 Å². The van der Waals surface area contributed by atoms with E-state index < -0.39 is 15.0 Å². The van der Waals surface area contributed by atoms with E-state index in [1.54, 1.807) is 0 Å². The predicted octanol–water partition coefficient (Wildman–Crippen LogP) is 3.38. The summed E-state index contributed by atoms with van der Waals surface area (Å²) in [5, 5.41) is -0.242. The van der Waals surface area contributed by atoms with Crippen molar-refractivity contribution in [1.82, 2.24) is 0 Å². The van der Waals surface area contributed by atoms with Crippen LogP contribution in [0.4, 0.5) is 0 Å². The fourth-order valence-corrected chi connectivity index (χ4v) is 3.87. The molecule has 0 atom stereocenters. The Kier molecular flexibility index (Phi) is 4.79. The van der Waals surface area contributed by atoms with Crippen LogP contribution in [0.15, 0.2) is 4.90 Å². The molecule has 0 saturated carbocycles. The first-order valence-electron chi connectivity index (χ1n) is 2.45. The number of hydrogen-bond acceptors (Lipinski definition) is 3. The van der Waals surface area contributed by atoms with E-state index in [0.717, 1.165) is 11.3 Å². The van der Waals surface area contributed by atoms with Crippen molar-refractivity contribution >= 4 is 68.7 Å². The molecule has 1 heterocycles. The van der Waals surface area contributed by atoms with Gasteiger partial charge in [-0.15, -0.1) is 23.7 Å². The highest BCUT2D eigenvalue weighted by molar-refractivity contribution is 7.86. The second-order valence-corrected chi connectivity index (χ2v) is 5.73. The Morgan fingerprint density at radius 1 is 1.15 bits per heavy atom. The lowest BCUT2D eigenvalue weighted by molar-refractivity contribution is 0.483. The Balaban J connectivity index is 0.00000144. The van der Waals surface area contributed by atoms with Crippen LogP contribution in [0.5, 0.6) is 0 Å². The second-order valence-electron chi connectivity index (χ2n) is 1.77. The highest BCUT2D eigenvalue weighted by Gasteiger charge is 2.24. The van der Waals surface area contributed by atoms with Gasteiger partial charge in [0.2, 0.25) is 0 Å². The van der Waals surface area contributed by atoms with Gasteiger partial charge in [-0.1, -0.05) is 34.8 Å². The zero-order valence-electron chi connectivity index (χ0n) is 5.62. The van der Waals surface area contributed by atoms with E-state index in [4.69, 9.17) is 39.4 Å². The first kappa shape index (κ1) is 13.8. The SMILES string of the molecule is Cl.O=S(=O)(O)c1c(Cl)sc(Cl)c1Cl. The van der Waals surface area contributed by atoms with Gasteiger partial charge in [0.1, 0.15) is 13.6 Å². The lowest BCUT2D eigenvalue weighted by Gasteiger charge is -1.92. The summed E-state index contributed by atoms with van der Waals surface area (Å²) in [7, 11) is -4.38. The quantitative estimate of drug-likeness (QED) is 0.809. The highest BCUT2D eigenvalue weighted by Crippen LogP contribution is 2.42. The molecule has 0 aliphatic rings. The molecule has 0 unspecified atom stereocenters. The Morgan fingerprint density at radius 2 is 1.62 bits per heavy atom. The monoisotopic (exact) mass is 302 g/mol. The average molecular weight is 304 g/mol. The number of halogens is 4. The first-order chi connectivity index (χ1) is 5.34. The fraction of sp³-hybridized carbons (Fsp3) is 0. The van der Waals surface area contributed by atoms with Gasteiger partial charge in [0.15, 0.2) is 0 Å². The van der Waals surface area contributed by atoms with E-state index in [2.05, 4.69) is 0 Å². The van der Waals surface area contributed by atoms with Crippen molar-refractivity contribution in [3.8, 4) is 0 Å². The van der Waals surface area contributed by atoms with Gasteiger partial charge in [-0.05, 0) is 0 Å².